The van der Waals surface area contributed by atoms with E-state index in [4.69, 9.17) is 0 Å². The van der Waals surface area contributed by atoms with E-state index in [1.54, 1.807) is 6.07 Å². The van der Waals surface area contributed by atoms with Gasteiger partial charge in [0.15, 0.2) is 0 Å². The first-order valence-electron chi connectivity index (χ1n) is 7.15. The minimum atomic E-state index is -3.44. The van der Waals surface area contributed by atoms with E-state index in [-0.39, 0.29) is 11.9 Å². The van der Waals surface area contributed by atoms with Gasteiger partial charge in [-0.25, -0.2) is 8.42 Å². The molecule has 0 atom stereocenters. The van der Waals surface area contributed by atoms with Gasteiger partial charge < -0.3 is 5.32 Å². The zero-order valence-corrected chi connectivity index (χ0v) is 13.5. The Morgan fingerprint density at radius 3 is 2.38 bits per heavy atom. The first kappa shape index (κ1) is 16.0. The van der Waals surface area contributed by atoms with Gasteiger partial charge in [-0.2, -0.15) is 4.31 Å². The monoisotopic (exact) mass is 310 g/mol. The van der Waals surface area contributed by atoms with Crippen molar-refractivity contribution in [3.63, 3.8) is 0 Å². The number of amides is 1. The topological polar surface area (TPSA) is 66.5 Å². The van der Waals surface area contributed by atoms with Crippen LogP contribution < -0.4 is 5.32 Å². The Morgan fingerprint density at radius 2 is 1.86 bits per heavy atom. The molecule has 1 fully saturated rings. The predicted octanol–water partition coefficient (Wildman–Crippen LogP) is 1.59. The molecular weight excluding hydrogens is 288 g/mol. The van der Waals surface area contributed by atoms with E-state index in [1.165, 1.54) is 11.2 Å². The van der Waals surface area contributed by atoms with Crippen molar-refractivity contribution in [1.82, 2.24) is 9.62 Å². The third-order valence-electron chi connectivity index (χ3n) is 3.81. The largest absolute Gasteiger partial charge is 0.354 e. The Hall–Kier alpha value is -1.40. The second kappa shape index (κ2) is 6.15. The summed E-state index contributed by atoms with van der Waals surface area (Å²) in [6.07, 6.45) is 1.31. The molecule has 0 radical (unpaired) electrons. The number of benzene rings is 1. The molecule has 1 aromatic carbocycles. The molecule has 1 heterocycles. The molecule has 1 amide bonds. The number of hydrogen-bond acceptors (Lipinski definition) is 3. The molecule has 0 unspecified atom stereocenters. The fraction of sp³-hybridized carbons (Fsp3) is 0.533. The van der Waals surface area contributed by atoms with Crippen LogP contribution in [-0.2, 0) is 14.8 Å². The summed E-state index contributed by atoms with van der Waals surface area (Å²) < 4.78 is 26.9. The van der Waals surface area contributed by atoms with Crippen molar-refractivity contribution < 1.29 is 13.2 Å². The van der Waals surface area contributed by atoms with Crippen LogP contribution in [0.25, 0.3) is 0 Å². The third kappa shape index (κ3) is 3.63. The van der Waals surface area contributed by atoms with Crippen molar-refractivity contribution in [3.05, 3.63) is 29.3 Å². The highest BCUT2D eigenvalue weighted by atomic mass is 32.2. The highest BCUT2D eigenvalue weighted by Gasteiger charge is 2.30. The highest BCUT2D eigenvalue weighted by Crippen LogP contribution is 2.24. The van der Waals surface area contributed by atoms with Crippen molar-refractivity contribution in [3.8, 4) is 0 Å². The van der Waals surface area contributed by atoms with Crippen LogP contribution in [0.5, 0.6) is 0 Å². The molecule has 2 rings (SSSR count). The van der Waals surface area contributed by atoms with E-state index < -0.39 is 10.0 Å². The van der Waals surface area contributed by atoms with Crippen LogP contribution in [-0.4, -0.2) is 37.8 Å². The zero-order valence-electron chi connectivity index (χ0n) is 12.7. The molecular formula is C15H22N2O3S. The number of carbonyl (C=O) groups excluding carboxylic acids is 1. The molecule has 1 saturated heterocycles. The normalized spacial score (nSPS) is 17.7. The van der Waals surface area contributed by atoms with Crippen LogP contribution in [0.1, 0.15) is 30.9 Å². The lowest BCUT2D eigenvalue weighted by Crippen LogP contribution is -2.46. The Morgan fingerprint density at radius 1 is 1.24 bits per heavy atom. The molecule has 6 heteroatoms. The van der Waals surface area contributed by atoms with E-state index in [2.05, 4.69) is 5.32 Å². The Kier molecular flexibility index (Phi) is 4.68. The number of rotatable bonds is 3. The lowest BCUT2D eigenvalue weighted by atomic mass is 10.1. The summed E-state index contributed by atoms with van der Waals surface area (Å²) in [4.78, 5) is 11.4. The van der Waals surface area contributed by atoms with Crippen LogP contribution in [0.4, 0.5) is 0 Å². The third-order valence-corrected chi connectivity index (χ3v) is 5.87. The highest BCUT2D eigenvalue weighted by molar-refractivity contribution is 7.89. The van der Waals surface area contributed by atoms with Gasteiger partial charge >= 0.3 is 0 Å². The van der Waals surface area contributed by atoms with Crippen molar-refractivity contribution in [1.29, 1.82) is 0 Å². The van der Waals surface area contributed by atoms with E-state index in [0.29, 0.717) is 30.8 Å². The average molecular weight is 310 g/mol. The first-order valence-corrected chi connectivity index (χ1v) is 8.59. The Labute approximate surface area is 126 Å². The van der Waals surface area contributed by atoms with E-state index >= 15 is 0 Å². The summed E-state index contributed by atoms with van der Waals surface area (Å²) in [6, 6.07) is 5.47. The lowest BCUT2D eigenvalue weighted by molar-refractivity contribution is -0.119. The number of sulfonamides is 1. The predicted molar refractivity (Wildman–Crippen MR) is 81.5 cm³/mol. The minimum absolute atomic E-state index is 0.0642. The number of nitrogens with zero attached hydrogens (tertiary/aromatic N) is 1. The van der Waals surface area contributed by atoms with Crippen molar-refractivity contribution in [2.75, 3.05) is 13.1 Å². The molecule has 5 nitrogen and oxygen atoms in total. The van der Waals surface area contributed by atoms with E-state index in [9.17, 15) is 13.2 Å². The maximum Gasteiger partial charge on any atom is 0.243 e. The Bertz CT molecular complexity index is 632. The zero-order chi connectivity index (χ0) is 15.6. The summed E-state index contributed by atoms with van der Waals surface area (Å²) in [7, 11) is -3.44. The molecule has 0 spiro atoms. The molecule has 1 N–H and O–H groups in total. The number of piperidine rings is 1. The molecule has 0 aromatic heterocycles. The fourth-order valence-electron chi connectivity index (χ4n) is 2.76. The SMILES string of the molecule is CC(=O)NC1CCN(S(=O)(=O)c2ccc(C)cc2C)CC1. The van der Waals surface area contributed by atoms with E-state index in [1.807, 2.05) is 26.0 Å². The minimum Gasteiger partial charge on any atom is -0.354 e. The molecule has 1 aliphatic heterocycles. The van der Waals surface area contributed by atoms with Gasteiger partial charge in [0.05, 0.1) is 4.90 Å². The lowest BCUT2D eigenvalue weighted by Gasteiger charge is -2.31. The van der Waals surface area contributed by atoms with Crippen LogP contribution in [0.3, 0.4) is 0 Å². The van der Waals surface area contributed by atoms with E-state index in [0.717, 1.165) is 11.1 Å². The molecule has 1 aromatic rings. The van der Waals surface area contributed by atoms with Crippen molar-refractivity contribution in [2.45, 2.75) is 44.6 Å². The quantitative estimate of drug-likeness (QED) is 0.922. The van der Waals surface area contributed by atoms with Crippen LogP contribution >= 0.6 is 0 Å². The summed E-state index contributed by atoms with van der Waals surface area (Å²) in [6.45, 7) is 6.15. The van der Waals surface area contributed by atoms with Gasteiger partial charge in [-0.3, -0.25) is 4.79 Å². The smallest absolute Gasteiger partial charge is 0.243 e. The maximum absolute atomic E-state index is 12.7. The van der Waals surface area contributed by atoms with Gasteiger partial charge in [0.25, 0.3) is 0 Å². The van der Waals surface area contributed by atoms with Gasteiger partial charge in [0.1, 0.15) is 0 Å². The number of hydrogen-bond donors (Lipinski definition) is 1. The van der Waals surface area contributed by atoms with Gasteiger partial charge in [-0.05, 0) is 38.3 Å². The number of aryl methyl sites for hydroxylation is 2. The van der Waals surface area contributed by atoms with Crippen LogP contribution in [0.15, 0.2) is 23.1 Å². The molecule has 0 aliphatic carbocycles. The molecule has 0 bridgehead atoms. The standard InChI is InChI=1S/C15H22N2O3S/c1-11-4-5-15(12(2)10-11)21(19,20)17-8-6-14(7-9-17)16-13(3)18/h4-5,10,14H,6-9H2,1-3H3,(H,16,18). The molecule has 0 saturated carbocycles. The maximum atomic E-state index is 12.7. The summed E-state index contributed by atoms with van der Waals surface area (Å²) in [5.74, 6) is -0.0642. The average Bonchev–Trinajstić information content (AvgIpc) is 2.38. The molecule has 21 heavy (non-hydrogen) atoms. The second-order valence-corrected chi connectivity index (χ2v) is 7.55. The summed E-state index contributed by atoms with van der Waals surface area (Å²) in [5.41, 5.74) is 1.83. The van der Waals surface area contributed by atoms with Gasteiger partial charge in [-0.1, -0.05) is 17.7 Å². The van der Waals surface area contributed by atoms with Crippen LogP contribution in [0, 0.1) is 13.8 Å². The number of nitrogens with one attached hydrogen (secondary N) is 1. The van der Waals surface area contributed by atoms with Crippen LogP contribution in [0.2, 0.25) is 0 Å². The van der Waals surface area contributed by atoms with Gasteiger partial charge in [0.2, 0.25) is 15.9 Å². The fourth-order valence-corrected chi connectivity index (χ4v) is 4.43. The van der Waals surface area contributed by atoms with Crippen molar-refractivity contribution in [2.24, 2.45) is 0 Å². The van der Waals surface area contributed by atoms with Gasteiger partial charge in [0, 0.05) is 26.1 Å². The summed E-state index contributed by atoms with van der Waals surface area (Å²) >= 11 is 0. The molecule has 116 valence electrons. The van der Waals surface area contributed by atoms with Gasteiger partial charge in [-0.15, -0.1) is 0 Å². The summed E-state index contributed by atoms with van der Waals surface area (Å²) in [5, 5.41) is 2.85. The Balaban J connectivity index is 2.13. The second-order valence-electron chi connectivity index (χ2n) is 5.65. The van der Waals surface area contributed by atoms with Crippen molar-refractivity contribution >= 4 is 15.9 Å². The molecule has 1 aliphatic rings. The number of carbonyl (C=O) groups is 1. The first-order chi connectivity index (χ1) is 9.80.